The summed E-state index contributed by atoms with van der Waals surface area (Å²) in [6.07, 6.45) is 2.05. The minimum Gasteiger partial charge on any atom is -0.469 e. The number of carbonyl (C=O) groups excluding carboxylic acids is 1. The van der Waals surface area contributed by atoms with Gasteiger partial charge in [0.25, 0.3) is 5.91 Å². The number of halogens is 1. The first kappa shape index (κ1) is 15.0. The van der Waals surface area contributed by atoms with Crippen molar-refractivity contribution in [3.63, 3.8) is 0 Å². The summed E-state index contributed by atoms with van der Waals surface area (Å²) in [7, 11) is 1.60. The Bertz CT molecular complexity index is 916. The molecule has 0 radical (unpaired) electrons. The smallest absolute Gasteiger partial charge is 0.275 e. The number of aromatic nitrogens is 2. The minimum atomic E-state index is -0.594. The average Bonchev–Trinajstić information content (AvgIpc) is 3.04. The number of benzene rings is 1. The van der Waals surface area contributed by atoms with Crippen LogP contribution in [0.1, 0.15) is 16.2 Å². The van der Waals surface area contributed by atoms with Crippen LogP contribution in [0.3, 0.4) is 0 Å². The predicted octanol–water partition coefficient (Wildman–Crippen LogP) is 1.64. The molecule has 6 nitrogen and oxygen atoms in total. The molecule has 0 unspecified atom stereocenters. The maximum atomic E-state index is 13.4. The standard InChI is InChI=1S/C16H14FN3O3/c1-20-13-5-4-10(17)9-12(13)15(21)14(19-20)16(22)18-7-6-11-3-2-8-23-11/h2-5,8-9H,6-7H2,1H3,(H,18,22). The lowest BCUT2D eigenvalue weighted by molar-refractivity contribution is 0.0946. The van der Waals surface area contributed by atoms with Crippen LogP contribution in [-0.4, -0.2) is 22.2 Å². The van der Waals surface area contributed by atoms with Crippen molar-refractivity contribution in [2.24, 2.45) is 7.05 Å². The quantitative estimate of drug-likeness (QED) is 0.794. The van der Waals surface area contributed by atoms with Gasteiger partial charge in [0.2, 0.25) is 5.43 Å². The van der Waals surface area contributed by atoms with E-state index in [9.17, 15) is 14.0 Å². The first-order chi connectivity index (χ1) is 11.1. The van der Waals surface area contributed by atoms with E-state index in [0.717, 1.165) is 11.8 Å². The van der Waals surface area contributed by atoms with Crippen molar-refractivity contribution >= 4 is 16.8 Å². The fourth-order valence-electron chi connectivity index (χ4n) is 2.34. The number of amides is 1. The largest absolute Gasteiger partial charge is 0.469 e. The van der Waals surface area contributed by atoms with Crippen molar-refractivity contribution in [2.75, 3.05) is 6.54 Å². The van der Waals surface area contributed by atoms with Gasteiger partial charge in [-0.25, -0.2) is 4.39 Å². The first-order valence-corrected chi connectivity index (χ1v) is 7.03. The average molecular weight is 315 g/mol. The Morgan fingerprint density at radius 1 is 1.39 bits per heavy atom. The number of fused-ring (bicyclic) bond motifs is 1. The van der Waals surface area contributed by atoms with Crippen LogP contribution in [0.15, 0.2) is 45.8 Å². The van der Waals surface area contributed by atoms with Crippen LogP contribution in [0, 0.1) is 5.82 Å². The van der Waals surface area contributed by atoms with Gasteiger partial charge < -0.3 is 9.73 Å². The molecule has 1 N–H and O–H groups in total. The number of carbonyl (C=O) groups is 1. The van der Waals surface area contributed by atoms with Gasteiger partial charge in [0.15, 0.2) is 5.69 Å². The molecule has 0 saturated heterocycles. The summed E-state index contributed by atoms with van der Waals surface area (Å²) in [6.45, 7) is 0.304. The third-order valence-electron chi connectivity index (χ3n) is 3.47. The zero-order valence-corrected chi connectivity index (χ0v) is 12.4. The van der Waals surface area contributed by atoms with E-state index < -0.39 is 17.2 Å². The van der Waals surface area contributed by atoms with E-state index in [1.54, 1.807) is 25.4 Å². The number of hydrogen-bond acceptors (Lipinski definition) is 4. The maximum Gasteiger partial charge on any atom is 0.275 e. The molecule has 2 aromatic heterocycles. The highest BCUT2D eigenvalue weighted by atomic mass is 19.1. The molecule has 0 bridgehead atoms. The molecule has 0 spiro atoms. The summed E-state index contributed by atoms with van der Waals surface area (Å²) < 4.78 is 19.9. The molecule has 0 aliphatic heterocycles. The molecule has 1 amide bonds. The normalized spacial score (nSPS) is 10.9. The summed E-state index contributed by atoms with van der Waals surface area (Å²) in [5.74, 6) is -0.403. The summed E-state index contributed by atoms with van der Waals surface area (Å²) >= 11 is 0. The Morgan fingerprint density at radius 2 is 2.22 bits per heavy atom. The SMILES string of the molecule is Cn1nc(C(=O)NCCc2ccco2)c(=O)c2cc(F)ccc21. The molecule has 118 valence electrons. The van der Waals surface area contributed by atoms with E-state index in [0.29, 0.717) is 18.5 Å². The summed E-state index contributed by atoms with van der Waals surface area (Å²) in [6, 6.07) is 7.36. The van der Waals surface area contributed by atoms with Crippen molar-refractivity contribution < 1.29 is 13.6 Å². The maximum absolute atomic E-state index is 13.4. The highest BCUT2D eigenvalue weighted by Crippen LogP contribution is 2.11. The van der Waals surface area contributed by atoms with Gasteiger partial charge in [-0.15, -0.1) is 0 Å². The molecule has 7 heteroatoms. The minimum absolute atomic E-state index is 0.124. The van der Waals surface area contributed by atoms with Crippen LogP contribution < -0.4 is 10.7 Å². The molecule has 2 heterocycles. The topological polar surface area (TPSA) is 77.1 Å². The van der Waals surface area contributed by atoms with Crippen molar-refractivity contribution in [1.82, 2.24) is 15.1 Å². The molecule has 0 aliphatic rings. The molecule has 0 atom stereocenters. The first-order valence-electron chi connectivity index (χ1n) is 7.03. The molecule has 3 rings (SSSR count). The highest BCUT2D eigenvalue weighted by Gasteiger charge is 2.16. The van der Waals surface area contributed by atoms with Crippen molar-refractivity contribution in [1.29, 1.82) is 0 Å². The second-order valence-corrected chi connectivity index (χ2v) is 5.05. The van der Waals surface area contributed by atoms with Crippen LogP contribution in [0.5, 0.6) is 0 Å². The van der Waals surface area contributed by atoms with Crippen LogP contribution in [0.2, 0.25) is 0 Å². The molecule has 3 aromatic rings. The van der Waals surface area contributed by atoms with Crippen LogP contribution in [0.4, 0.5) is 4.39 Å². The van der Waals surface area contributed by atoms with Crippen LogP contribution in [0.25, 0.3) is 10.9 Å². The van der Waals surface area contributed by atoms with Gasteiger partial charge in [-0.1, -0.05) is 0 Å². The summed E-state index contributed by atoms with van der Waals surface area (Å²) in [4.78, 5) is 24.5. The molecular formula is C16H14FN3O3. The predicted molar refractivity (Wildman–Crippen MR) is 81.7 cm³/mol. The lowest BCUT2D eigenvalue weighted by Crippen LogP contribution is -2.33. The van der Waals surface area contributed by atoms with E-state index in [2.05, 4.69) is 10.4 Å². The third kappa shape index (κ3) is 2.98. The van der Waals surface area contributed by atoms with Crippen molar-refractivity contribution in [2.45, 2.75) is 6.42 Å². The molecule has 0 saturated carbocycles. The molecule has 23 heavy (non-hydrogen) atoms. The van der Waals surface area contributed by atoms with Crippen molar-refractivity contribution in [3.8, 4) is 0 Å². The van der Waals surface area contributed by atoms with E-state index >= 15 is 0 Å². The fraction of sp³-hybridized carbons (Fsp3) is 0.188. The molecule has 0 aliphatic carbocycles. The van der Waals surface area contributed by atoms with E-state index in [4.69, 9.17) is 4.42 Å². The number of hydrogen-bond donors (Lipinski definition) is 1. The van der Waals surface area contributed by atoms with Gasteiger partial charge in [-0.3, -0.25) is 14.3 Å². The summed E-state index contributed by atoms with van der Waals surface area (Å²) in [5, 5.41) is 6.73. The zero-order chi connectivity index (χ0) is 16.4. The fourth-order valence-corrected chi connectivity index (χ4v) is 2.34. The summed E-state index contributed by atoms with van der Waals surface area (Å²) in [5.41, 5.74) is -0.387. The second kappa shape index (κ2) is 6.04. The van der Waals surface area contributed by atoms with E-state index in [1.165, 1.54) is 16.8 Å². The third-order valence-corrected chi connectivity index (χ3v) is 3.47. The number of nitrogens with zero attached hydrogens (tertiary/aromatic N) is 2. The molecule has 1 aromatic carbocycles. The Kier molecular flexibility index (Phi) is 3.92. The number of aryl methyl sites for hydroxylation is 1. The van der Waals surface area contributed by atoms with Crippen LogP contribution in [-0.2, 0) is 13.5 Å². The van der Waals surface area contributed by atoms with Gasteiger partial charge in [-0.05, 0) is 30.3 Å². The van der Waals surface area contributed by atoms with Gasteiger partial charge in [-0.2, -0.15) is 5.10 Å². The zero-order valence-electron chi connectivity index (χ0n) is 12.4. The Labute approximate surface area is 130 Å². The lowest BCUT2D eigenvalue weighted by Gasteiger charge is -2.08. The highest BCUT2D eigenvalue weighted by molar-refractivity contribution is 5.95. The van der Waals surface area contributed by atoms with Gasteiger partial charge in [0, 0.05) is 20.0 Å². The molecule has 0 fully saturated rings. The monoisotopic (exact) mass is 315 g/mol. The van der Waals surface area contributed by atoms with Gasteiger partial charge >= 0.3 is 0 Å². The van der Waals surface area contributed by atoms with Gasteiger partial charge in [0.1, 0.15) is 11.6 Å². The Hall–Kier alpha value is -2.96. The Balaban J connectivity index is 1.85. The van der Waals surface area contributed by atoms with Gasteiger partial charge in [0.05, 0.1) is 17.2 Å². The Morgan fingerprint density at radius 3 is 2.96 bits per heavy atom. The lowest BCUT2D eigenvalue weighted by atomic mass is 10.2. The second-order valence-electron chi connectivity index (χ2n) is 5.05. The van der Waals surface area contributed by atoms with E-state index in [1.807, 2.05) is 0 Å². The van der Waals surface area contributed by atoms with E-state index in [-0.39, 0.29) is 11.1 Å². The molecular weight excluding hydrogens is 301 g/mol. The number of furan rings is 1. The number of nitrogens with one attached hydrogen (secondary N) is 1. The van der Waals surface area contributed by atoms with Crippen LogP contribution >= 0.6 is 0 Å². The van der Waals surface area contributed by atoms with Crippen molar-refractivity contribution in [3.05, 3.63) is 64.1 Å². The number of rotatable bonds is 4.